The summed E-state index contributed by atoms with van der Waals surface area (Å²) in [6, 6.07) is 4.91. The van der Waals surface area contributed by atoms with E-state index < -0.39 is 0 Å². The second kappa shape index (κ2) is 6.26. The van der Waals surface area contributed by atoms with Crippen LogP contribution in [0.25, 0.3) is 0 Å². The number of rotatable bonds is 6. The average Bonchev–Trinajstić information content (AvgIpc) is 2.59. The molecule has 2 nitrogen and oxygen atoms in total. The van der Waals surface area contributed by atoms with Crippen LogP contribution in [-0.2, 0) is 0 Å². The van der Waals surface area contributed by atoms with Crippen molar-refractivity contribution in [3.8, 4) is 0 Å². The number of nitrogens with zero attached hydrogens (tertiary/aromatic N) is 1. The van der Waals surface area contributed by atoms with Crippen molar-refractivity contribution in [2.45, 2.75) is 26.3 Å². The highest BCUT2D eigenvalue weighted by atomic mass is 32.1. The van der Waals surface area contributed by atoms with Gasteiger partial charge in [0.2, 0.25) is 0 Å². The number of nitrogens with one attached hydrogen (secondary N) is 1. The van der Waals surface area contributed by atoms with Crippen LogP contribution in [0.3, 0.4) is 0 Å². The third-order valence-electron chi connectivity index (χ3n) is 2.42. The van der Waals surface area contributed by atoms with Gasteiger partial charge in [-0.3, -0.25) is 0 Å². The van der Waals surface area contributed by atoms with Crippen molar-refractivity contribution in [3.63, 3.8) is 0 Å². The summed E-state index contributed by atoms with van der Waals surface area (Å²) in [5.74, 6) is 0. The van der Waals surface area contributed by atoms with Crippen LogP contribution < -0.4 is 5.32 Å². The molecule has 1 rings (SSSR count). The highest BCUT2D eigenvalue weighted by molar-refractivity contribution is 7.12. The Labute approximate surface area is 97.3 Å². The normalized spacial score (nSPS) is 13.4. The molecule has 0 aliphatic carbocycles. The Bertz CT molecular complexity index is 281. The molecule has 0 saturated heterocycles. The molecule has 0 amide bonds. The van der Waals surface area contributed by atoms with E-state index in [9.17, 15) is 0 Å². The molecule has 0 aromatic carbocycles. The quantitative estimate of drug-likeness (QED) is 0.750. The van der Waals surface area contributed by atoms with Crippen molar-refractivity contribution < 1.29 is 0 Å². The lowest BCUT2D eigenvalue weighted by Gasteiger charge is -2.13. The fourth-order valence-corrected chi connectivity index (χ4v) is 2.40. The summed E-state index contributed by atoms with van der Waals surface area (Å²) in [4.78, 5) is 5.06. The van der Waals surface area contributed by atoms with E-state index in [1.54, 1.807) is 0 Å². The number of aryl methyl sites for hydroxylation is 1. The van der Waals surface area contributed by atoms with Crippen LogP contribution in [0, 0.1) is 6.92 Å². The van der Waals surface area contributed by atoms with Gasteiger partial charge in [0.15, 0.2) is 0 Å². The highest BCUT2D eigenvalue weighted by Crippen LogP contribution is 2.21. The molecule has 15 heavy (non-hydrogen) atoms. The SMILES string of the molecule is Cc1ccc(C(C)NCCCN(C)C)s1. The summed E-state index contributed by atoms with van der Waals surface area (Å²) in [7, 11) is 4.23. The molecule has 1 unspecified atom stereocenters. The Morgan fingerprint density at radius 1 is 1.40 bits per heavy atom. The third-order valence-corrected chi connectivity index (χ3v) is 3.60. The lowest BCUT2D eigenvalue weighted by Crippen LogP contribution is -2.23. The fourth-order valence-electron chi connectivity index (χ4n) is 1.50. The average molecular weight is 226 g/mol. The van der Waals surface area contributed by atoms with Crippen molar-refractivity contribution in [1.82, 2.24) is 10.2 Å². The summed E-state index contributed by atoms with van der Waals surface area (Å²) in [5.41, 5.74) is 0. The molecule has 86 valence electrons. The van der Waals surface area contributed by atoms with E-state index >= 15 is 0 Å². The van der Waals surface area contributed by atoms with Gasteiger partial charge < -0.3 is 10.2 Å². The first kappa shape index (κ1) is 12.7. The van der Waals surface area contributed by atoms with Crippen molar-refractivity contribution >= 4 is 11.3 Å². The van der Waals surface area contributed by atoms with E-state index in [4.69, 9.17) is 0 Å². The fraction of sp³-hybridized carbons (Fsp3) is 0.667. The molecule has 1 atom stereocenters. The van der Waals surface area contributed by atoms with E-state index in [-0.39, 0.29) is 0 Å². The zero-order valence-electron chi connectivity index (χ0n) is 10.2. The Kier molecular flexibility index (Phi) is 5.29. The second-order valence-electron chi connectivity index (χ2n) is 4.28. The van der Waals surface area contributed by atoms with Gasteiger partial charge in [-0.15, -0.1) is 11.3 Å². The molecule has 1 N–H and O–H groups in total. The standard InChI is InChI=1S/C12H22N2S/c1-10-6-7-12(15-10)11(2)13-8-5-9-14(3)4/h6-7,11,13H,5,8-9H2,1-4H3. The number of thiophene rings is 1. The van der Waals surface area contributed by atoms with Gasteiger partial charge in [0.25, 0.3) is 0 Å². The van der Waals surface area contributed by atoms with E-state index in [2.05, 4.69) is 50.3 Å². The molecular formula is C12H22N2S. The summed E-state index contributed by atoms with van der Waals surface area (Å²) >= 11 is 1.89. The maximum atomic E-state index is 3.55. The number of hydrogen-bond acceptors (Lipinski definition) is 3. The van der Waals surface area contributed by atoms with Gasteiger partial charge in [-0.25, -0.2) is 0 Å². The van der Waals surface area contributed by atoms with Crippen LogP contribution in [0.5, 0.6) is 0 Å². The first-order chi connectivity index (χ1) is 7.09. The third kappa shape index (κ3) is 4.78. The molecule has 3 heteroatoms. The molecule has 0 aliphatic rings. The van der Waals surface area contributed by atoms with Crippen molar-refractivity contribution in [3.05, 3.63) is 21.9 Å². The van der Waals surface area contributed by atoms with Gasteiger partial charge >= 0.3 is 0 Å². The van der Waals surface area contributed by atoms with Gasteiger partial charge in [-0.05, 0) is 59.6 Å². The van der Waals surface area contributed by atoms with Gasteiger partial charge in [-0.1, -0.05) is 0 Å². The van der Waals surface area contributed by atoms with Gasteiger partial charge in [-0.2, -0.15) is 0 Å². The monoisotopic (exact) mass is 226 g/mol. The Hall–Kier alpha value is -0.380. The van der Waals surface area contributed by atoms with E-state index in [0.29, 0.717) is 6.04 Å². The summed E-state index contributed by atoms with van der Waals surface area (Å²) in [6.45, 7) is 6.65. The number of hydrogen-bond donors (Lipinski definition) is 1. The van der Waals surface area contributed by atoms with Crippen molar-refractivity contribution in [2.24, 2.45) is 0 Å². The minimum atomic E-state index is 0.492. The zero-order chi connectivity index (χ0) is 11.3. The Morgan fingerprint density at radius 2 is 2.13 bits per heavy atom. The minimum absolute atomic E-state index is 0.492. The lowest BCUT2D eigenvalue weighted by molar-refractivity contribution is 0.389. The highest BCUT2D eigenvalue weighted by Gasteiger charge is 2.05. The first-order valence-electron chi connectivity index (χ1n) is 5.54. The molecule has 0 saturated carbocycles. The van der Waals surface area contributed by atoms with E-state index in [1.165, 1.54) is 16.2 Å². The molecule has 1 aromatic rings. The van der Waals surface area contributed by atoms with Gasteiger partial charge in [0, 0.05) is 15.8 Å². The maximum absolute atomic E-state index is 3.55. The first-order valence-corrected chi connectivity index (χ1v) is 6.35. The molecule has 0 radical (unpaired) electrons. The largest absolute Gasteiger partial charge is 0.309 e. The zero-order valence-corrected chi connectivity index (χ0v) is 11.0. The predicted octanol–water partition coefficient (Wildman–Crippen LogP) is 2.66. The van der Waals surface area contributed by atoms with Crippen LogP contribution in [0.15, 0.2) is 12.1 Å². The molecule has 1 aromatic heterocycles. The topological polar surface area (TPSA) is 15.3 Å². The van der Waals surface area contributed by atoms with Crippen LogP contribution >= 0.6 is 11.3 Å². The molecule has 0 spiro atoms. The van der Waals surface area contributed by atoms with Gasteiger partial charge in [0.1, 0.15) is 0 Å². The van der Waals surface area contributed by atoms with Crippen LogP contribution in [-0.4, -0.2) is 32.1 Å². The summed E-state index contributed by atoms with van der Waals surface area (Å²) in [5, 5.41) is 3.55. The molecule has 0 aliphatic heterocycles. The van der Waals surface area contributed by atoms with Crippen LogP contribution in [0.4, 0.5) is 0 Å². The smallest absolute Gasteiger partial charge is 0.0386 e. The van der Waals surface area contributed by atoms with E-state index in [1.807, 2.05) is 11.3 Å². The van der Waals surface area contributed by atoms with Crippen LogP contribution in [0.2, 0.25) is 0 Å². The van der Waals surface area contributed by atoms with Gasteiger partial charge in [0.05, 0.1) is 0 Å². The van der Waals surface area contributed by atoms with Crippen molar-refractivity contribution in [1.29, 1.82) is 0 Å². The summed E-state index contributed by atoms with van der Waals surface area (Å²) in [6.07, 6.45) is 1.21. The molecule has 0 fully saturated rings. The van der Waals surface area contributed by atoms with Crippen molar-refractivity contribution in [2.75, 3.05) is 27.2 Å². The maximum Gasteiger partial charge on any atom is 0.0386 e. The minimum Gasteiger partial charge on any atom is -0.309 e. The molecule has 1 heterocycles. The Balaban J connectivity index is 2.21. The summed E-state index contributed by atoms with van der Waals surface area (Å²) < 4.78 is 0. The lowest BCUT2D eigenvalue weighted by atomic mass is 10.2. The molecule has 0 bridgehead atoms. The van der Waals surface area contributed by atoms with Crippen LogP contribution in [0.1, 0.15) is 29.1 Å². The van der Waals surface area contributed by atoms with E-state index in [0.717, 1.165) is 13.1 Å². The predicted molar refractivity (Wildman–Crippen MR) is 68.6 cm³/mol. The second-order valence-corrected chi connectivity index (χ2v) is 5.60. The molecular weight excluding hydrogens is 204 g/mol. The Morgan fingerprint density at radius 3 is 2.67 bits per heavy atom.